The van der Waals surface area contributed by atoms with E-state index in [-0.39, 0.29) is 0 Å². The molecule has 0 atom stereocenters. The molecule has 6 nitrogen and oxygen atoms in total. The van der Waals surface area contributed by atoms with E-state index < -0.39 is 0 Å². The molecule has 1 aromatic heterocycles. The van der Waals surface area contributed by atoms with E-state index in [9.17, 15) is 0 Å². The van der Waals surface area contributed by atoms with Gasteiger partial charge in [0.05, 0.1) is 0 Å². The lowest BCUT2D eigenvalue weighted by atomic mass is 10.6. The molecule has 0 aliphatic heterocycles. The normalized spacial score (nSPS) is 10.1. The van der Waals surface area contributed by atoms with Gasteiger partial charge >= 0.3 is 0 Å². The second-order valence-electron chi connectivity index (χ2n) is 4.04. The lowest BCUT2D eigenvalue weighted by molar-refractivity contribution is 0.851. The summed E-state index contributed by atoms with van der Waals surface area (Å²) in [5.41, 5.74) is 0. The SMILES string of the molecule is CCN(C)c1nc(N(C)C)nc(N(C)C)n1. The number of aromatic nitrogens is 3. The predicted octanol–water partition coefficient (Wildman–Crippen LogP) is 0.460. The lowest BCUT2D eigenvalue weighted by Crippen LogP contribution is -2.24. The molecule has 0 saturated heterocycles. The van der Waals surface area contributed by atoms with E-state index in [1.165, 1.54) is 0 Å². The van der Waals surface area contributed by atoms with E-state index in [2.05, 4.69) is 21.9 Å². The molecule has 0 aromatic carbocycles. The third kappa shape index (κ3) is 2.71. The fourth-order valence-electron chi connectivity index (χ4n) is 1.06. The summed E-state index contributed by atoms with van der Waals surface area (Å²) in [6.07, 6.45) is 0. The maximum atomic E-state index is 4.39. The Kier molecular flexibility index (Phi) is 3.87. The van der Waals surface area contributed by atoms with E-state index in [4.69, 9.17) is 0 Å². The van der Waals surface area contributed by atoms with Gasteiger partial charge in [-0.05, 0) is 6.92 Å². The van der Waals surface area contributed by atoms with E-state index in [0.29, 0.717) is 17.8 Å². The Bertz CT molecular complexity index is 323. The molecule has 0 amide bonds. The first-order chi connectivity index (χ1) is 7.45. The van der Waals surface area contributed by atoms with E-state index in [0.717, 1.165) is 6.54 Å². The summed E-state index contributed by atoms with van der Waals surface area (Å²) in [5, 5.41) is 0. The summed E-state index contributed by atoms with van der Waals surface area (Å²) in [7, 11) is 9.65. The molecule has 0 fully saturated rings. The van der Waals surface area contributed by atoms with Crippen LogP contribution in [0, 0.1) is 0 Å². The first kappa shape index (κ1) is 12.5. The molecule has 1 aromatic rings. The Morgan fingerprint density at radius 1 is 0.750 bits per heavy atom. The van der Waals surface area contributed by atoms with Crippen molar-refractivity contribution in [3.63, 3.8) is 0 Å². The van der Waals surface area contributed by atoms with E-state index in [1.807, 2.05) is 49.9 Å². The molecular formula is C10H20N6. The van der Waals surface area contributed by atoms with Crippen LogP contribution in [0.3, 0.4) is 0 Å². The second kappa shape index (κ2) is 4.96. The molecule has 16 heavy (non-hydrogen) atoms. The van der Waals surface area contributed by atoms with Gasteiger partial charge < -0.3 is 14.7 Å². The molecule has 0 aliphatic carbocycles. The molecule has 0 N–H and O–H groups in total. The molecule has 1 heterocycles. The molecule has 90 valence electrons. The highest BCUT2D eigenvalue weighted by Crippen LogP contribution is 2.15. The Labute approximate surface area is 96.9 Å². The fraction of sp³-hybridized carbons (Fsp3) is 0.700. The van der Waals surface area contributed by atoms with Crippen LogP contribution in [0.2, 0.25) is 0 Å². The Morgan fingerprint density at radius 3 is 1.44 bits per heavy atom. The first-order valence-corrected chi connectivity index (χ1v) is 5.27. The van der Waals surface area contributed by atoms with Crippen molar-refractivity contribution < 1.29 is 0 Å². The van der Waals surface area contributed by atoms with Crippen LogP contribution >= 0.6 is 0 Å². The number of hydrogen-bond acceptors (Lipinski definition) is 6. The van der Waals surface area contributed by atoms with Crippen LogP contribution in [0.5, 0.6) is 0 Å². The largest absolute Gasteiger partial charge is 0.347 e. The Morgan fingerprint density at radius 2 is 1.12 bits per heavy atom. The Balaban J connectivity index is 3.18. The summed E-state index contributed by atoms with van der Waals surface area (Å²) in [6.45, 7) is 2.93. The van der Waals surface area contributed by atoms with Crippen LogP contribution in [0.4, 0.5) is 17.8 Å². The van der Waals surface area contributed by atoms with Gasteiger partial charge in [-0.15, -0.1) is 0 Å². The average Bonchev–Trinajstić information content (AvgIpc) is 2.27. The third-order valence-corrected chi connectivity index (χ3v) is 2.22. The lowest BCUT2D eigenvalue weighted by Gasteiger charge is -2.20. The van der Waals surface area contributed by atoms with E-state index in [1.54, 1.807) is 0 Å². The second-order valence-corrected chi connectivity index (χ2v) is 4.04. The van der Waals surface area contributed by atoms with Crippen LogP contribution in [0.15, 0.2) is 0 Å². The predicted molar refractivity (Wildman–Crippen MR) is 67.4 cm³/mol. The smallest absolute Gasteiger partial charge is 0.231 e. The minimum Gasteiger partial charge on any atom is -0.347 e. The van der Waals surface area contributed by atoms with Crippen LogP contribution < -0.4 is 14.7 Å². The van der Waals surface area contributed by atoms with Gasteiger partial charge in [-0.25, -0.2) is 0 Å². The van der Waals surface area contributed by atoms with Crippen molar-refractivity contribution >= 4 is 17.8 Å². The van der Waals surface area contributed by atoms with Gasteiger partial charge in [0.2, 0.25) is 17.8 Å². The zero-order chi connectivity index (χ0) is 12.3. The molecule has 1 rings (SSSR count). The van der Waals surface area contributed by atoms with Crippen molar-refractivity contribution in [1.82, 2.24) is 15.0 Å². The van der Waals surface area contributed by atoms with Crippen molar-refractivity contribution in [2.45, 2.75) is 6.92 Å². The Hall–Kier alpha value is -1.59. The number of rotatable bonds is 4. The maximum absolute atomic E-state index is 4.39. The van der Waals surface area contributed by atoms with Gasteiger partial charge in [-0.2, -0.15) is 15.0 Å². The van der Waals surface area contributed by atoms with Crippen molar-refractivity contribution in [2.24, 2.45) is 0 Å². The van der Waals surface area contributed by atoms with Gasteiger partial charge in [0.25, 0.3) is 0 Å². The van der Waals surface area contributed by atoms with Crippen molar-refractivity contribution in [3.05, 3.63) is 0 Å². The van der Waals surface area contributed by atoms with Crippen molar-refractivity contribution in [3.8, 4) is 0 Å². The monoisotopic (exact) mass is 224 g/mol. The minimum atomic E-state index is 0.675. The topological polar surface area (TPSA) is 48.4 Å². The molecule has 0 unspecified atom stereocenters. The zero-order valence-corrected chi connectivity index (χ0v) is 10.9. The summed E-state index contributed by atoms with van der Waals surface area (Å²) in [5.74, 6) is 2.05. The number of hydrogen-bond donors (Lipinski definition) is 0. The first-order valence-electron chi connectivity index (χ1n) is 5.27. The average molecular weight is 224 g/mol. The van der Waals surface area contributed by atoms with Crippen molar-refractivity contribution in [2.75, 3.05) is 56.5 Å². The van der Waals surface area contributed by atoms with Gasteiger partial charge in [-0.1, -0.05) is 0 Å². The fourth-order valence-corrected chi connectivity index (χ4v) is 1.06. The van der Waals surface area contributed by atoms with Crippen LogP contribution in [0.1, 0.15) is 6.92 Å². The molecule has 6 heteroatoms. The summed E-state index contributed by atoms with van der Waals surface area (Å²) in [6, 6.07) is 0. The van der Waals surface area contributed by atoms with Gasteiger partial charge in [-0.3, -0.25) is 0 Å². The molecule has 0 saturated carbocycles. The maximum Gasteiger partial charge on any atom is 0.231 e. The highest BCUT2D eigenvalue weighted by molar-refractivity contribution is 5.44. The molecule has 0 radical (unpaired) electrons. The van der Waals surface area contributed by atoms with Crippen LogP contribution in [-0.2, 0) is 0 Å². The molecule has 0 aliphatic rings. The zero-order valence-electron chi connectivity index (χ0n) is 10.9. The summed E-state index contributed by atoms with van der Waals surface area (Å²) in [4.78, 5) is 18.9. The minimum absolute atomic E-state index is 0.675. The highest BCUT2D eigenvalue weighted by atomic mass is 15.4. The molecule has 0 bridgehead atoms. The number of nitrogens with zero attached hydrogens (tertiary/aromatic N) is 6. The highest BCUT2D eigenvalue weighted by Gasteiger charge is 2.11. The summed E-state index contributed by atoms with van der Waals surface area (Å²) < 4.78 is 0. The van der Waals surface area contributed by atoms with Crippen LogP contribution in [0.25, 0.3) is 0 Å². The molecule has 0 spiro atoms. The standard InChI is InChI=1S/C10H20N6/c1-7-16(6)10-12-8(14(2)3)11-9(13-10)15(4)5/h7H2,1-6H3. The molecular weight excluding hydrogens is 204 g/mol. The van der Waals surface area contributed by atoms with E-state index >= 15 is 0 Å². The summed E-state index contributed by atoms with van der Waals surface area (Å²) >= 11 is 0. The van der Waals surface area contributed by atoms with Gasteiger partial charge in [0, 0.05) is 41.8 Å². The number of anilines is 3. The van der Waals surface area contributed by atoms with Crippen molar-refractivity contribution in [1.29, 1.82) is 0 Å². The van der Waals surface area contributed by atoms with Gasteiger partial charge in [0.1, 0.15) is 0 Å². The van der Waals surface area contributed by atoms with Crippen LogP contribution in [-0.4, -0.2) is 56.7 Å². The quantitative estimate of drug-likeness (QED) is 0.740. The van der Waals surface area contributed by atoms with Gasteiger partial charge in [0.15, 0.2) is 0 Å². The third-order valence-electron chi connectivity index (χ3n) is 2.22.